The lowest BCUT2D eigenvalue weighted by molar-refractivity contribution is 0.193. The zero-order valence-electron chi connectivity index (χ0n) is 11.5. The number of ether oxygens (including phenoxy) is 1. The standard InChI is InChI=1S/C12H17N7O/c1-13-10-15-11(18(2)9-4-7-20-8-9)17-12(16-10)19-6-3-5-14-19/h3,5-6,9H,4,7-8H2,1-2H3,(H,13,15,16,17). The van der Waals surface area contributed by atoms with Crippen molar-refractivity contribution < 1.29 is 4.74 Å². The van der Waals surface area contributed by atoms with E-state index in [2.05, 4.69) is 25.4 Å². The van der Waals surface area contributed by atoms with Crippen molar-refractivity contribution in [3.8, 4) is 5.95 Å². The van der Waals surface area contributed by atoms with E-state index in [9.17, 15) is 0 Å². The summed E-state index contributed by atoms with van der Waals surface area (Å²) in [6.07, 6.45) is 4.47. The smallest absolute Gasteiger partial charge is 0.257 e. The second-order valence-corrected chi connectivity index (χ2v) is 4.59. The van der Waals surface area contributed by atoms with Gasteiger partial charge in [0.2, 0.25) is 11.9 Å². The van der Waals surface area contributed by atoms with Gasteiger partial charge in [-0.05, 0) is 12.5 Å². The van der Waals surface area contributed by atoms with E-state index in [-0.39, 0.29) is 0 Å². The van der Waals surface area contributed by atoms with Gasteiger partial charge in [-0.3, -0.25) is 0 Å². The molecule has 1 fully saturated rings. The van der Waals surface area contributed by atoms with Gasteiger partial charge in [0.25, 0.3) is 5.95 Å². The molecule has 1 atom stereocenters. The van der Waals surface area contributed by atoms with Crippen LogP contribution in [0.5, 0.6) is 0 Å². The molecule has 106 valence electrons. The van der Waals surface area contributed by atoms with E-state index in [0.717, 1.165) is 13.0 Å². The Morgan fingerprint density at radius 3 is 2.95 bits per heavy atom. The van der Waals surface area contributed by atoms with E-state index in [4.69, 9.17) is 4.74 Å². The summed E-state index contributed by atoms with van der Waals surface area (Å²) >= 11 is 0. The molecule has 1 aliphatic heterocycles. The van der Waals surface area contributed by atoms with Gasteiger partial charge in [0.1, 0.15) is 0 Å². The lowest BCUT2D eigenvalue weighted by Crippen LogP contribution is -2.33. The fourth-order valence-corrected chi connectivity index (χ4v) is 2.10. The third-order valence-corrected chi connectivity index (χ3v) is 3.31. The van der Waals surface area contributed by atoms with Crippen LogP contribution in [0.15, 0.2) is 18.5 Å². The molecule has 3 rings (SSSR count). The Kier molecular flexibility index (Phi) is 3.46. The van der Waals surface area contributed by atoms with Gasteiger partial charge in [-0.2, -0.15) is 20.1 Å². The van der Waals surface area contributed by atoms with Gasteiger partial charge in [0.05, 0.1) is 12.6 Å². The predicted octanol–water partition coefficient (Wildman–Crippen LogP) is 0.324. The molecule has 8 heteroatoms. The molecule has 0 aromatic carbocycles. The Labute approximate surface area is 116 Å². The molecular weight excluding hydrogens is 258 g/mol. The Balaban J connectivity index is 1.95. The highest BCUT2D eigenvalue weighted by Gasteiger charge is 2.23. The number of nitrogens with zero attached hydrogens (tertiary/aromatic N) is 6. The molecule has 3 heterocycles. The van der Waals surface area contributed by atoms with Gasteiger partial charge in [0.15, 0.2) is 0 Å². The van der Waals surface area contributed by atoms with Crippen LogP contribution in [-0.4, -0.2) is 58.1 Å². The first-order valence-electron chi connectivity index (χ1n) is 6.52. The van der Waals surface area contributed by atoms with Crippen LogP contribution in [0.2, 0.25) is 0 Å². The Bertz CT molecular complexity index is 565. The Morgan fingerprint density at radius 1 is 1.40 bits per heavy atom. The van der Waals surface area contributed by atoms with Crippen molar-refractivity contribution >= 4 is 11.9 Å². The van der Waals surface area contributed by atoms with E-state index in [1.165, 1.54) is 0 Å². The van der Waals surface area contributed by atoms with Crippen LogP contribution in [0, 0.1) is 0 Å². The van der Waals surface area contributed by atoms with Gasteiger partial charge in [-0.25, -0.2) is 4.68 Å². The average Bonchev–Trinajstić information content (AvgIpc) is 3.18. The topological polar surface area (TPSA) is 81.0 Å². The van der Waals surface area contributed by atoms with Gasteiger partial charge in [-0.15, -0.1) is 0 Å². The lowest BCUT2D eigenvalue weighted by Gasteiger charge is -2.23. The number of anilines is 2. The van der Waals surface area contributed by atoms with Crippen molar-refractivity contribution in [2.45, 2.75) is 12.5 Å². The second-order valence-electron chi connectivity index (χ2n) is 4.59. The Morgan fingerprint density at radius 2 is 2.30 bits per heavy atom. The maximum absolute atomic E-state index is 5.41. The summed E-state index contributed by atoms with van der Waals surface area (Å²) in [6, 6.07) is 2.13. The molecule has 2 aromatic rings. The quantitative estimate of drug-likeness (QED) is 0.860. The normalized spacial score (nSPS) is 18.2. The number of nitrogens with one attached hydrogen (secondary N) is 1. The maximum Gasteiger partial charge on any atom is 0.257 e. The highest BCUT2D eigenvalue weighted by molar-refractivity contribution is 5.40. The highest BCUT2D eigenvalue weighted by atomic mass is 16.5. The summed E-state index contributed by atoms with van der Waals surface area (Å²) in [7, 11) is 3.76. The first kappa shape index (κ1) is 12.8. The molecule has 0 radical (unpaired) electrons. The number of likely N-dealkylation sites (N-methyl/N-ethyl adjacent to an activating group) is 1. The summed E-state index contributed by atoms with van der Waals surface area (Å²) in [4.78, 5) is 15.2. The maximum atomic E-state index is 5.41. The molecule has 1 saturated heterocycles. The summed E-state index contributed by atoms with van der Waals surface area (Å²) in [5.74, 6) is 1.63. The molecule has 0 saturated carbocycles. The second kappa shape index (κ2) is 5.41. The zero-order valence-corrected chi connectivity index (χ0v) is 11.5. The molecule has 1 unspecified atom stereocenters. The van der Waals surface area contributed by atoms with Crippen LogP contribution < -0.4 is 10.2 Å². The minimum absolute atomic E-state index is 0.299. The number of hydrogen-bond acceptors (Lipinski definition) is 7. The SMILES string of the molecule is CNc1nc(N(C)C2CCOC2)nc(-n2cccn2)n1. The van der Waals surface area contributed by atoms with Crippen LogP contribution in [-0.2, 0) is 4.74 Å². The van der Waals surface area contributed by atoms with Crippen LogP contribution in [0.4, 0.5) is 11.9 Å². The number of rotatable bonds is 4. The number of hydrogen-bond donors (Lipinski definition) is 1. The third kappa shape index (κ3) is 2.42. The minimum Gasteiger partial charge on any atom is -0.379 e. The largest absolute Gasteiger partial charge is 0.379 e. The average molecular weight is 275 g/mol. The van der Waals surface area contributed by atoms with Gasteiger partial charge in [0, 0.05) is 33.1 Å². The molecule has 8 nitrogen and oxygen atoms in total. The van der Waals surface area contributed by atoms with Crippen molar-refractivity contribution in [2.75, 3.05) is 37.5 Å². The van der Waals surface area contributed by atoms with Gasteiger partial charge >= 0.3 is 0 Å². The highest BCUT2D eigenvalue weighted by Crippen LogP contribution is 2.18. The van der Waals surface area contributed by atoms with Crippen LogP contribution in [0.25, 0.3) is 5.95 Å². The predicted molar refractivity (Wildman–Crippen MR) is 74.1 cm³/mol. The Hall–Kier alpha value is -2.22. The monoisotopic (exact) mass is 275 g/mol. The fourth-order valence-electron chi connectivity index (χ4n) is 2.10. The molecule has 1 N–H and O–H groups in total. The molecule has 0 spiro atoms. The van der Waals surface area contributed by atoms with E-state index in [0.29, 0.717) is 30.5 Å². The lowest BCUT2D eigenvalue weighted by atomic mass is 10.2. The van der Waals surface area contributed by atoms with Gasteiger partial charge < -0.3 is 15.0 Å². The van der Waals surface area contributed by atoms with Crippen molar-refractivity contribution in [3.63, 3.8) is 0 Å². The van der Waals surface area contributed by atoms with Crippen molar-refractivity contribution in [1.82, 2.24) is 24.7 Å². The molecule has 2 aromatic heterocycles. The number of aromatic nitrogens is 5. The summed E-state index contributed by atoms with van der Waals surface area (Å²) < 4.78 is 7.03. The summed E-state index contributed by atoms with van der Waals surface area (Å²) in [5.41, 5.74) is 0. The molecule has 20 heavy (non-hydrogen) atoms. The molecule has 1 aliphatic rings. The van der Waals surface area contributed by atoms with E-state index in [1.54, 1.807) is 24.1 Å². The summed E-state index contributed by atoms with van der Waals surface area (Å²) in [5, 5.41) is 7.11. The molecule has 0 amide bonds. The minimum atomic E-state index is 0.299. The summed E-state index contributed by atoms with van der Waals surface area (Å²) in [6.45, 7) is 1.49. The van der Waals surface area contributed by atoms with Crippen LogP contribution in [0.3, 0.4) is 0 Å². The van der Waals surface area contributed by atoms with E-state index >= 15 is 0 Å². The van der Waals surface area contributed by atoms with Gasteiger partial charge in [-0.1, -0.05) is 0 Å². The molecule has 0 bridgehead atoms. The van der Waals surface area contributed by atoms with Crippen LogP contribution >= 0.6 is 0 Å². The first-order valence-corrected chi connectivity index (χ1v) is 6.52. The molecule has 0 aliphatic carbocycles. The van der Waals surface area contributed by atoms with Crippen molar-refractivity contribution in [1.29, 1.82) is 0 Å². The first-order chi connectivity index (χ1) is 9.78. The third-order valence-electron chi connectivity index (χ3n) is 3.31. The zero-order chi connectivity index (χ0) is 13.9. The van der Waals surface area contributed by atoms with Crippen molar-refractivity contribution in [3.05, 3.63) is 18.5 Å². The fraction of sp³-hybridized carbons (Fsp3) is 0.500. The van der Waals surface area contributed by atoms with E-state index in [1.807, 2.05) is 18.0 Å². The molecular formula is C12H17N7O. The van der Waals surface area contributed by atoms with Crippen molar-refractivity contribution in [2.24, 2.45) is 0 Å². The van der Waals surface area contributed by atoms with E-state index < -0.39 is 0 Å². The van der Waals surface area contributed by atoms with Crippen LogP contribution in [0.1, 0.15) is 6.42 Å².